The Balaban J connectivity index is 2.17. The molecule has 2 aromatic rings. The fourth-order valence-electron chi connectivity index (χ4n) is 1.57. The van der Waals surface area contributed by atoms with Crippen LogP contribution in [-0.4, -0.2) is 0 Å². The highest BCUT2D eigenvalue weighted by molar-refractivity contribution is 7.07. The standard InChI is InChI=1S/C12H11ClFNS/c13-9-1-2-10(11(14)6-9)12(15)5-8-3-4-16-7-8/h1-4,6-7,12H,5,15H2. The molecule has 0 saturated carbocycles. The SMILES string of the molecule is NC(Cc1ccsc1)c1ccc(Cl)cc1F. The zero-order chi connectivity index (χ0) is 11.5. The van der Waals surface area contributed by atoms with Gasteiger partial charge >= 0.3 is 0 Å². The van der Waals surface area contributed by atoms with Gasteiger partial charge in [-0.05, 0) is 40.9 Å². The van der Waals surface area contributed by atoms with Crippen LogP contribution in [0.15, 0.2) is 35.0 Å². The van der Waals surface area contributed by atoms with Gasteiger partial charge in [0.15, 0.2) is 0 Å². The normalized spacial score (nSPS) is 12.7. The minimum absolute atomic E-state index is 0.327. The summed E-state index contributed by atoms with van der Waals surface area (Å²) in [5, 5.41) is 4.40. The van der Waals surface area contributed by atoms with Gasteiger partial charge in [0.25, 0.3) is 0 Å². The van der Waals surface area contributed by atoms with Crippen molar-refractivity contribution in [2.45, 2.75) is 12.5 Å². The average molecular weight is 256 g/mol. The van der Waals surface area contributed by atoms with Gasteiger partial charge in [-0.3, -0.25) is 0 Å². The number of benzene rings is 1. The Morgan fingerprint density at radius 3 is 2.81 bits per heavy atom. The second kappa shape index (κ2) is 4.95. The molecule has 4 heteroatoms. The van der Waals surface area contributed by atoms with Crippen molar-refractivity contribution in [2.24, 2.45) is 5.73 Å². The molecule has 1 heterocycles. The minimum Gasteiger partial charge on any atom is -0.324 e. The summed E-state index contributed by atoms with van der Waals surface area (Å²) in [4.78, 5) is 0. The summed E-state index contributed by atoms with van der Waals surface area (Å²) in [7, 11) is 0. The molecular weight excluding hydrogens is 245 g/mol. The predicted molar refractivity (Wildman–Crippen MR) is 66.4 cm³/mol. The molecule has 1 nitrogen and oxygen atoms in total. The molecule has 0 amide bonds. The van der Waals surface area contributed by atoms with E-state index in [1.165, 1.54) is 6.07 Å². The number of hydrogen-bond acceptors (Lipinski definition) is 2. The van der Waals surface area contributed by atoms with E-state index in [9.17, 15) is 4.39 Å². The Morgan fingerprint density at radius 2 is 2.19 bits per heavy atom. The maximum Gasteiger partial charge on any atom is 0.129 e. The van der Waals surface area contributed by atoms with Crippen LogP contribution >= 0.6 is 22.9 Å². The topological polar surface area (TPSA) is 26.0 Å². The monoisotopic (exact) mass is 255 g/mol. The molecule has 0 aliphatic rings. The minimum atomic E-state index is -0.338. The summed E-state index contributed by atoms with van der Waals surface area (Å²) in [5.41, 5.74) is 7.60. The first kappa shape index (κ1) is 11.6. The van der Waals surface area contributed by atoms with E-state index in [1.807, 2.05) is 16.8 Å². The first-order valence-corrected chi connectivity index (χ1v) is 6.20. The van der Waals surface area contributed by atoms with Crippen molar-refractivity contribution in [3.63, 3.8) is 0 Å². The molecule has 1 aromatic carbocycles. The summed E-state index contributed by atoms with van der Waals surface area (Å²) in [6, 6.07) is 6.28. The van der Waals surface area contributed by atoms with Gasteiger partial charge < -0.3 is 5.73 Å². The van der Waals surface area contributed by atoms with Crippen LogP contribution in [0.2, 0.25) is 5.02 Å². The van der Waals surface area contributed by atoms with E-state index in [1.54, 1.807) is 23.5 Å². The smallest absolute Gasteiger partial charge is 0.129 e. The predicted octanol–water partition coefficient (Wildman–Crippen LogP) is 3.78. The quantitative estimate of drug-likeness (QED) is 0.887. The van der Waals surface area contributed by atoms with Gasteiger partial charge in [-0.25, -0.2) is 4.39 Å². The van der Waals surface area contributed by atoms with Crippen LogP contribution in [0.25, 0.3) is 0 Å². The lowest BCUT2D eigenvalue weighted by molar-refractivity contribution is 0.581. The molecule has 0 fully saturated rings. The molecule has 0 aliphatic heterocycles. The third-order valence-corrected chi connectivity index (χ3v) is 3.36. The van der Waals surface area contributed by atoms with Crippen molar-refractivity contribution in [1.82, 2.24) is 0 Å². The Morgan fingerprint density at radius 1 is 1.38 bits per heavy atom. The highest BCUT2D eigenvalue weighted by Crippen LogP contribution is 2.22. The van der Waals surface area contributed by atoms with Gasteiger partial charge in [-0.2, -0.15) is 11.3 Å². The lowest BCUT2D eigenvalue weighted by atomic mass is 10.0. The van der Waals surface area contributed by atoms with Crippen molar-refractivity contribution in [3.05, 3.63) is 57.0 Å². The van der Waals surface area contributed by atoms with Crippen LogP contribution in [0.1, 0.15) is 17.2 Å². The lowest BCUT2D eigenvalue weighted by Gasteiger charge is -2.12. The van der Waals surface area contributed by atoms with Crippen molar-refractivity contribution in [3.8, 4) is 0 Å². The first-order valence-electron chi connectivity index (χ1n) is 4.88. The zero-order valence-electron chi connectivity index (χ0n) is 8.49. The largest absolute Gasteiger partial charge is 0.324 e. The maximum atomic E-state index is 13.6. The van der Waals surface area contributed by atoms with Crippen molar-refractivity contribution >= 4 is 22.9 Å². The fourth-order valence-corrected chi connectivity index (χ4v) is 2.42. The Hall–Kier alpha value is -0.900. The van der Waals surface area contributed by atoms with Crippen LogP contribution in [-0.2, 0) is 6.42 Å². The van der Waals surface area contributed by atoms with Crippen LogP contribution in [0.3, 0.4) is 0 Å². The highest BCUT2D eigenvalue weighted by atomic mass is 35.5. The zero-order valence-corrected chi connectivity index (χ0v) is 10.1. The fraction of sp³-hybridized carbons (Fsp3) is 0.167. The number of thiophene rings is 1. The van der Waals surface area contributed by atoms with E-state index < -0.39 is 0 Å². The highest BCUT2D eigenvalue weighted by Gasteiger charge is 2.12. The summed E-state index contributed by atoms with van der Waals surface area (Å²) >= 11 is 7.30. The molecular formula is C12H11ClFNS. The van der Waals surface area contributed by atoms with E-state index in [2.05, 4.69) is 0 Å². The van der Waals surface area contributed by atoms with Gasteiger partial charge in [0.2, 0.25) is 0 Å². The molecule has 1 atom stereocenters. The van der Waals surface area contributed by atoms with Gasteiger partial charge in [0, 0.05) is 16.6 Å². The molecule has 1 unspecified atom stereocenters. The average Bonchev–Trinajstić information content (AvgIpc) is 2.70. The van der Waals surface area contributed by atoms with Crippen LogP contribution in [0.5, 0.6) is 0 Å². The van der Waals surface area contributed by atoms with Crippen molar-refractivity contribution in [1.29, 1.82) is 0 Å². The molecule has 0 aliphatic carbocycles. The van der Waals surface area contributed by atoms with Gasteiger partial charge in [-0.1, -0.05) is 17.7 Å². The van der Waals surface area contributed by atoms with Crippen molar-refractivity contribution in [2.75, 3.05) is 0 Å². The van der Waals surface area contributed by atoms with Gasteiger partial charge in [0.05, 0.1) is 0 Å². The Bertz CT molecular complexity index is 470. The van der Waals surface area contributed by atoms with Crippen molar-refractivity contribution < 1.29 is 4.39 Å². The number of nitrogens with two attached hydrogens (primary N) is 1. The van der Waals surface area contributed by atoms with Gasteiger partial charge in [0.1, 0.15) is 5.82 Å². The van der Waals surface area contributed by atoms with E-state index in [-0.39, 0.29) is 11.9 Å². The molecule has 0 spiro atoms. The molecule has 84 valence electrons. The van der Waals surface area contributed by atoms with E-state index in [0.717, 1.165) is 5.56 Å². The van der Waals surface area contributed by atoms with Crippen LogP contribution in [0.4, 0.5) is 4.39 Å². The molecule has 0 bridgehead atoms. The van der Waals surface area contributed by atoms with Crippen LogP contribution in [0, 0.1) is 5.82 Å². The van der Waals surface area contributed by atoms with Crippen LogP contribution < -0.4 is 5.73 Å². The maximum absolute atomic E-state index is 13.6. The molecule has 0 saturated heterocycles. The number of hydrogen-bond donors (Lipinski definition) is 1. The molecule has 0 radical (unpaired) electrons. The van der Waals surface area contributed by atoms with Gasteiger partial charge in [-0.15, -0.1) is 0 Å². The third kappa shape index (κ3) is 2.61. The number of halogens is 2. The second-order valence-corrected chi connectivity index (χ2v) is 4.82. The molecule has 2 N–H and O–H groups in total. The summed E-state index contributed by atoms with van der Waals surface area (Å²) in [5.74, 6) is -0.338. The van der Waals surface area contributed by atoms with E-state index in [4.69, 9.17) is 17.3 Å². The summed E-state index contributed by atoms with van der Waals surface area (Å²) < 4.78 is 13.6. The Kier molecular flexibility index (Phi) is 3.59. The number of rotatable bonds is 3. The lowest BCUT2D eigenvalue weighted by Crippen LogP contribution is -2.14. The third-order valence-electron chi connectivity index (χ3n) is 2.40. The Labute approximate surface area is 103 Å². The molecule has 16 heavy (non-hydrogen) atoms. The second-order valence-electron chi connectivity index (χ2n) is 3.61. The van der Waals surface area contributed by atoms with E-state index in [0.29, 0.717) is 17.0 Å². The first-order chi connectivity index (χ1) is 7.66. The molecule has 1 aromatic heterocycles. The summed E-state index contributed by atoms with van der Waals surface area (Å²) in [6.07, 6.45) is 0.641. The summed E-state index contributed by atoms with van der Waals surface area (Å²) in [6.45, 7) is 0. The van der Waals surface area contributed by atoms with E-state index >= 15 is 0 Å². The molecule has 2 rings (SSSR count).